The van der Waals surface area contributed by atoms with Crippen molar-refractivity contribution in [1.82, 2.24) is 0 Å². The summed E-state index contributed by atoms with van der Waals surface area (Å²) in [6.45, 7) is 0. The van der Waals surface area contributed by atoms with Crippen LogP contribution >= 0.6 is 23.4 Å². The first-order valence-electron chi connectivity index (χ1n) is 3.58. The molecule has 0 saturated carbocycles. The Morgan fingerprint density at radius 2 is 2.25 bits per heavy atom. The van der Waals surface area contributed by atoms with Crippen molar-refractivity contribution >= 4 is 29.4 Å². The lowest BCUT2D eigenvalue weighted by atomic mass is 10.2. The van der Waals surface area contributed by atoms with Gasteiger partial charge in [-0.25, -0.2) is 0 Å². The molecule has 0 amide bonds. The van der Waals surface area contributed by atoms with Crippen molar-refractivity contribution in [2.75, 3.05) is 0 Å². The highest BCUT2D eigenvalue weighted by atomic mass is 35.5. The molecule has 0 spiro atoms. The predicted molar refractivity (Wildman–Crippen MR) is 52.3 cm³/mol. The van der Waals surface area contributed by atoms with Gasteiger partial charge in [-0.3, -0.25) is 0 Å². The van der Waals surface area contributed by atoms with Gasteiger partial charge in [-0.2, -0.15) is 0 Å². The molecule has 0 radical (unpaired) electrons. The number of hydrogen-bond acceptors (Lipinski definition) is 2. The molecule has 1 aliphatic rings. The largest absolute Gasteiger partial charge is 0.378 e. The Morgan fingerprint density at radius 3 is 3.08 bits per heavy atom. The maximum atomic E-state index is 9.28. The molecule has 1 atom stereocenters. The molecule has 1 aromatic carbocycles. The molecule has 3 heteroatoms. The van der Waals surface area contributed by atoms with E-state index in [1.54, 1.807) is 6.08 Å². The van der Waals surface area contributed by atoms with E-state index < -0.39 is 5.44 Å². The van der Waals surface area contributed by atoms with Gasteiger partial charge < -0.3 is 5.11 Å². The molecule has 0 aromatic heterocycles. The Labute approximate surface area is 80.1 Å². The lowest BCUT2D eigenvalue weighted by Gasteiger charge is -2.13. The zero-order valence-corrected chi connectivity index (χ0v) is 7.77. The van der Waals surface area contributed by atoms with Crippen molar-refractivity contribution < 1.29 is 5.11 Å². The number of fused-ring (bicyclic) bond motifs is 1. The van der Waals surface area contributed by atoms with E-state index in [1.807, 2.05) is 24.3 Å². The zero-order chi connectivity index (χ0) is 8.55. The number of benzene rings is 1. The van der Waals surface area contributed by atoms with Crippen molar-refractivity contribution in [3.8, 4) is 0 Å². The Morgan fingerprint density at radius 1 is 1.42 bits per heavy atom. The van der Waals surface area contributed by atoms with Gasteiger partial charge in [0.25, 0.3) is 0 Å². The monoisotopic (exact) mass is 198 g/mol. The van der Waals surface area contributed by atoms with Crippen LogP contribution in [0.1, 0.15) is 5.56 Å². The smallest absolute Gasteiger partial charge is 0.123 e. The van der Waals surface area contributed by atoms with Crippen molar-refractivity contribution in [1.29, 1.82) is 0 Å². The topological polar surface area (TPSA) is 20.2 Å². The normalized spacial score (nSPS) is 20.7. The highest BCUT2D eigenvalue weighted by Gasteiger charge is 2.11. The second-order valence-electron chi connectivity index (χ2n) is 2.55. The van der Waals surface area contributed by atoms with E-state index in [1.165, 1.54) is 11.8 Å². The molecule has 1 unspecified atom stereocenters. The van der Waals surface area contributed by atoms with E-state index in [0.29, 0.717) is 5.02 Å². The predicted octanol–water partition coefficient (Wildman–Crippen LogP) is 2.78. The fourth-order valence-electron chi connectivity index (χ4n) is 1.10. The van der Waals surface area contributed by atoms with Gasteiger partial charge in [-0.05, 0) is 23.8 Å². The molecule has 62 valence electrons. The van der Waals surface area contributed by atoms with Gasteiger partial charge >= 0.3 is 0 Å². The van der Waals surface area contributed by atoms with Crippen molar-refractivity contribution in [3.05, 3.63) is 34.9 Å². The van der Waals surface area contributed by atoms with E-state index in [9.17, 15) is 5.11 Å². The van der Waals surface area contributed by atoms with Crippen LogP contribution in [-0.2, 0) is 0 Å². The van der Waals surface area contributed by atoms with Crippen molar-refractivity contribution in [2.24, 2.45) is 0 Å². The summed E-state index contributed by atoms with van der Waals surface area (Å²) in [7, 11) is 0. The number of thioether (sulfide) groups is 1. The van der Waals surface area contributed by atoms with Gasteiger partial charge in [-0.15, -0.1) is 0 Å². The number of hydrogen-bond donors (Lipinski definition) is 1. The summed E-state index contributed by atoms with van der Waals surface area (Å²) in [4.78, 5) is 1.04. The van der Waals surface area contributed by atoms with Crippen LogP contribution in [0.25, 0.3) is 6.08 Å². The van der Waals surface area contributed by atoms with Gasteiger partial charge in [0.2, 0.25) is 0 Å². The summed E-state index contributed by atoms with van der Waals surface area (Å²) in [5.41, 5.74) is 0.686. The average molecular weight is 199 g/mol. The van der Waals surface area contributed by atoms with E-state index in [0.717, 1.165) is 10.5 Å². The van der Waals surface area contributed by atoms with Crippen molar-refractivity contribution in [2.45, 2.75) is 10.3 Å². The van der Waals surface area contributed by atoms with Crippen LogP contribution < -0.4 is 0 Å². The molecule has 1 N–H and O–H groups in total. The van der Waals surface area contributed by atoms with E-state index in [-0.39, 0.29) is 0 Å². The quantitative estimate of drug-likeness (QED) is 0.692. The maximum Gasteiger partial charge on any atom is 0.123 e. The second-order valence-corrected chi connectivity index (χ2v) is 4.14. The molecular weight excluding hydrogens is 192 g/mol. The molecule has 1 aromatic rings. The van der Waals surface area contributed by atoms with Gasteiger partial charge in [0.1, 0.15) is 5.44 Å². The first kappa shape index (κ1) is 8.17. The third-order valence-corrected chi connectivity index (χ3v) is 2.90. The van der Waals surface area contributed by atoms with Gasteiger partial charge in [0, 0.05) is 9.92 Å². The highest BCUT2D eigenvalue weighted by Crippen LogP contribution is 2.33. The Balaban J connectivity index is 2.47. The van der Waals surface area contributed by atoms with Crippen LogP contribution in [0.15, 0.2) is 29.2 Å². The fourth-order valence-corrected chi connectivity index (χ4v) is 2.22. The lowest BCUT2D eigenvalue weighted by Crippen LogP contribution is -1.99. The molecular formula is C9H7ClOS. The van der Waals surface area contributed by atoms with E-state index >= 15 is 0 Å². The van der Waals surface area contributed by atoms with Crippen LogP contribution in [0, 0.1) is 0 Å². The zero-order valence-electron chi connectivity index (χ0n) is 6.20. The summed E-state index contributed by atoms with van der Waals surface area (Å²) in [5.74, 6) is 0. The molecule has 0 fully saturated rings. The first-order valence-corrected chi connectivity index (χ1v) is 4.84. The first-order chi connectivity index (χ1) is 5.75. The van der Waals surface area contributed by atoms with Gasteiger partial charge in [0.05, 0.1) is 0 Å². The maximum absolute atomic E-state index is 9.28. The summed E-state index contributed by atoms with van der Waals surface area (Å²) in [5, 5.41) is 9.99. The number of rotatable bonds is 0. The number of aliphatic hydroxyl groups excluding tert-OH is 1. The van der Waals surface area contributed by atoms with E-state index in [2.05, 4.69) is 0 Å². The van der Waals surface area contributed by atoms with Crippen LogP contribution in [0.3, 0.4) is 0 Å². The Kier molecular flexibility index (Phi) is 2.13. The Bertz CT molecular complexity index is 335. The Hall–Kier alpha value is -0.440. The second kappa shape index (κ2) is 3.13. The molecule has 0 bridgehead atoms. The third kappa shape index (κ3) is 1.51. The van der Waals surface area contributed by atoms with Crippen LogP contribution in [0.5, 0.6) is 0 Å². The minimum absolute atomic E-state index is 0.434. The lowest BCUT2D eigenvalue weighted by molar-refractivity contribution is 0.310. The molecule has 12 heavy (non-hydrogen) atoms. The summed E-state index contributed by atoms with van der Waals surface area (Å²) in [6, 6.07) is 5.67. The summed E-state index contributed by atoms with van der Waals surface area (Å²) >= 11 is 7.22. The minimum atomic E-state index is -0.434. The van der Waals surface area contributed by atoms with E-state index in [4.69, 9.17) is 11.6 Å². The van der Waals surface area contributed by atoms with Crippen LogP contribution in [-0.4, -0.2) is 10.5 Å². The van der Waals surface area contributed by atoms with Crippen LogP contribution in [0.4, 0.5) is 0 Å². The SMILES string of the molecule is OC1C=Cc2ccc(Cl)cc2S1. The summed E-state index contributed by atoms with van der Waals surface area (Å²) < 4.78 is 0. The molecule has 1 aliphatic heterocycles. The standard InChI is InChI=1S/C9H7ClOS/c10-7-3-1-6-2-4-9(11)12-8(6)5-7/h1-5,9,11H. The van der Waals surface area contributed by atoms with Crippen LogP contribution in [0.2, 0.25) is 5.02 Å². The summed E-state index contributed by atoms with van der Waals surface area (Å²) in [6.07, 6.45) is 3.67. The average Bonchev–Trinajstić information content (AvgIpc) is 2.03. The van der Waals surface area contributed by atoms with Gasteiger partial charge in [-0.1, -0.05) is 35.5 Å². The fraction of sp³-hybridized carbons (Fsp3) is 0.111. The van der Waals surface area contributed by atoms with Gasteiger partial charge in [0.15, 0.2) is 0 Å². The minimum Gasteiger partial charge on any atom is -0.378 e. The number of aliphatic hydroxyl groups is 1. The molecule has 0 aliphatic carbocycles. The number of halogens is 1. The third-order valence-electron chi connectivity index (χ3n) is 1.66. The molecule has 0 saturated heterocycles. The van der Waals surface area contributed by atoms with Crippen molar-refractivity contribution in [3.63, 3.8) is 0 Å². The highest BCUT2D eigenvalue weighted by molar-refractivity contribution is 8.00. The molecule has 1 nitrogen and oxygen atoms in total. The molecule has 1 heterocycles. The molecule has 2 rings (SSSR count).